The van der Waals surface area contributed by atoms with Crippen molar-refractivity contribution < 1.29 is 13.9 Å². The molecule has 1 aliphatic rings. The van der Waals surface area contributed by atoms with Gasteiger partial charge in [0.1, 0.15) is 11.4 Å². The summed E-state index contributed by atoms with van der Waals surface area (Å²) >= 11 is 0. The van der Waals surface area contributed by atoms with E-state index in [1.807, 2.05) is 20.8 Å². The van der Waals surface area contributed by atoms with Gasteiger partial charge in [-0.25, -0.2) is 9.18 Å². The number of hydrogen-bond donors (Lipinski definition) is 2. The van der Waals surface area contributed by atoms with Crippen LogP contribution in [0.25, 0.3) is 0 Å². The molecule has 122 valence electrons. The van der Waals surface area contributed by atoms with Crippen LogP contribution in [0.4, 0.5) is 9.18 Å². The molecule has 0 spiro atoms. The Bertz CT molecular complexity index is 513. The third-order valence-electron chi connectivity index (χ3n) is 3.76. The highest BCUT2D eigenvalue weighted by atomic mass is 19.1. The van der Waals surface area contributed by atoms with Gasteiger partial charge in [-0.05, 0) is 50.8 Å². The summed E-state index contributed by atoms with van der Waals surface area (Å²) in [5.74, 6) is 5.56. The maximum Gasteiger partial charge on any atom is 0.410 e. The lowest BCUT2D eigenvalue weighted by molar-refractivity contribution is 0.0285. The Balaban J connectivity index is 2.01. The first-order valence-electron chi connectivity index (χ1n) is 7.49. The van der Waals surface area contributed by atoms with Gasteiger partial charge in [-0.15, -0.1) is 0 Å². The minimum atomic E-state index is -0.502. The average Bonchev–Trinajstić information content (AvgIpc) is 2.89. The van der Waals surface area contributed by atoms with E-state index in [0.29, 0.717) is 13.1 Å². The molecule has 1 aromatic rings. The van der Waals surface area contributed by atoms with Crippen LogP contribution in [0.15, 0.2) is 24.3 Å². The maximum absolute atomic E-state index is 13.0. The number of rotatable bonds is 3. The molecule has 1 amide bonds. The van der Waals surface area contributed by atoms with Crippen molar-refractivity contribution in [1.82, 2.24) is 10.3 Å². The van der Waals surface area contributed by atoms with Crippen molar-refractivity contribution in [1.29, 1.82) is 0 Å². The van der Waals surface area contributed by atoms with Gasteiger partial charge in [-0.2, -0.15) is 0 Å². The molecule has 1 aliphatic heterocycles. The van der Waals surface area contributed by atoms with Crippen molar-refractivity contribution in [3.8, 4) is 0 Å². The van der Waals surface area contributed by atoms with Crippen molar-refractivity contribution in [3.05, 3.63) is 35.6 Å². The number of ether oxygens (including phenoxy) is 1. The van der Waals surface area contributed by atoms with Crippen molar-refractivity contribution in [2.75, 3.05) is 13.1 Å². The fourth-order valence-corrected chi connectivity index (χ4v) is 2.73. The summed E-state index contributed by atoms with van der Waals surface area (Å²) in [5, 5.41) is 0. The summed E-state index contributed by atoms with van der Waals surface area (Å²) in [7, 11) is 0. The first-order valence-corrected chi connectivity index (χ1v) is 7.49. The van der Waals surface area contributed by atoms with E-state index in [4.69, 9.17) is 10.6 Å². The number of nitrogens with one attached hydrogen (secondary N) is 1. The number of carbonyl (C=O) groups excluding carboxylic acids is 1. The normalized spacial score (nSPS) is 20.0. The Hall–Kier alpha value is -1.66. The van der Waals surface area contributed by atoms with Gasteiger partial charge in [0.05, 0.1) is 6.04 Å². The molecule has 0 aromatic heterocycles. The fraction of sp³-hybridized carbons (Fsp3) is 0.562. The molecule has 6 heteroatoms. The molecule has 22 heavy (non-hydrogen) atoms. The van der Waals surface area contributed by atoms with Crippen LogP contribution in [0.3, 0.4) is 0 Å². The topological polar surface area (TPSA) is 67.6 Å². The predicted molar refractivity (Wildman–Crippen MR) is 82.4 cm³/mol. The third-order valence-corrected chi connectivity index (χ3v) is 3.76. The highest BCUT2D eigenvalue weighted by Crippen LogP contribution is 2.30. The minimum Gasteiger partial charge on any atom is -0.444 e. The van der Waals surface area contributed by atoms with Gasteiger partial charge >= 0.3 is 6.09 Å². The maximum atomic E-state index is 13.0. The number of hydrogen-bond acceptors (Lipinski definition) is 4. The number of nitrogens with zero attached hydrogens (tertiary/aromatic N) is 1. The van der Waals surface area contributed by atoms with E-state index in [1.54, 1.807) is 17.0 Å². The molecule has 0 radical (unpaired) electrons. The van der Waals surface area contributed by atoms with Gasteiger partial charge in [0.15, 0.2) is 0 Å². The van der Waals surface area contributed by atoms with Crippen LogP contribution in [0, 0.1) is 11.7 Å². The van der Waals surface area contributed by atoms with E-state index >= 15 is 0 Å². The standard InChI is InChI=1S/C16H24FN3O2/c1-16(2,3)22-15(21)20-9-8-12(10-20)14(19-18)11-4-6-13(17)7-5-11/h4-7,12,14,19H,8-10,18H2,1-3H3. The van der Waals surface area contributed by atoms with Crippen LogP contribution in [0.1, 0.15) is 38.8 Å². The number of carbonyl (C=O) groups is 1. The van der Waals surface area contributed by atoms with Gasteiger partial charge in [0, 0.05) is 13.1 Å². The van der Waals surface area contributed by atoms with Crippen molar-refractivity contribution in [2.24, 2.45) is 11.8 Å². The number of likely N-dealkylation sites (tertiary alicyclic amines) is 1. The molecule has 1 aromatic carbocycles. The zero-order valence-electron chi connectivity index (χ0n) is 13.3. The van der Waals surface area contributed by atoms with Gasteiger partial charge < -0.3 is 9.64 Å². The van der Waals surface area contributed by atoms with E-state index in [2.05, 4.69) is 5.43 Å². The van der Waals surface area contributed by atoms with Crippen molar-refractivity contribution in [3.63, 3.8) is 0 Å². The lowest BCUT2D eigenvalue weighted by Gasteiger charge is -2.26. The molecule has 3 N–H and O–H groups in total. The molecule has 2 unspecified atom stereocenters. The second-order valence-electron chi connectivity index (χ2n) is 6.67. The zero-order chi connectivity index (χ0) is 16.3. The molecule has 0 bridgehead atoms. The first kappa shape index (κ1) is 16.7. The molecule has 0 aliphatic carbocycles. The van der Waals surface area contributed by atoms with Gasteiger partial charge in [0.2, 0.25) is 0 Å². The molecule has 2 rings (SSSR count). The quantitative estimate of drug-likeness (QED) is 0.665. The molecular weight excluding hydrogens is 285 g/mol. The summed E-state index contributed by atoms with van der Waals surface area (Å²) in [6.45, 7) is 6.75. The number of hydrazine groups is 1. The van der Waals surface area contributed by atoms with Crippen LogP contribution < -0.4 is 11.3 Å². The summed E-state index contributed by atoms with van der Waals surface area (Å²) in [6, 6.07) is 6.15. The van der Waals surface area contributed by atoms with Gasteiger partial charge in [0.25, 0.3) is 0 Å². The van der Waals surface area contributed by atoms with Crippen LogP contribution >= 0.6 is 0 Å². The third kappa shape index (κ3) is 4.18. The zero-order valence-corrected chi connectivity index (χ0v) is 13.3. The average molecular weight is 309 g/mol. The van der Waals surface area contributed by atoms with Crippen LogP contribution in [0.5, 0.6) is 0 Å². The van der Waals surface area contributed by atoms with E-state index in [1.165, 1.54) is 12.1 Å². The highest BCUT2D eigenvalue weighted by molar-refractivity contribution is 5.68. The van der Waals surface area contributed by atoms with E-state index in [0.717, 1.165) is 12.0 Å². The lowest BCUT2D eigenvalue weighted by atomic mass is 9.93. The van der Waals surface area contributed by atoms with Crippen molar-refractivity contribution >= 4 is 6.09 Å². The number of amides is 1. The van der Waals surface area contributed by atoms with E-state index in [-0.39, 0.29) is 23.9 Å². The SMILES string of the molecule is CC(C)(C)OC(=O)N1CCC(C(NN)c2ccc(F)cc2)C1. The van der Waals surface area contributed by atoms with Crippen LogP contribution in [0.2, 0.25) is 0 Å². The smallest absolute Gasteiger partial charge is 0.410 e. The first-order chi connectivity index (χ1) is 10.3. The van der Waals surface area contributed by atoms with Gasteiger partial charge in [-0.3, -0.25) is 11.3 Å². The Kier molecular flexibility index (Phi) is 5.03. The molecule has 5 nitrogen and oxygen atoms in total. The van der Waals surface area contributed by atoms with E-state index in [9.17, 15) is 9.18 Å². The van der Waals surface area contributed by atoms with Crippen LogP contribution in [-0.2, 0) is 4.74 Å². The molecule has 1 heterocycles. The Morgan fingerprint density at radius 1 is 1.41 bits per heavy atom. The highest BCUT2D eigenvalue weighted by Gasteiger charge is 2.34. The fourth-order valence-electron chi connectivity index (χ4n) is 2.73. The van der Waals surface area contributed by atoms with Gasteiger partial charge in [-0.1, -0.05) is 12.1 Å². The number of nitrogens with two attached hydrogens (primary N) is 1. The summed E-state index contributed by atoms with van der Waals surface area (Å²) < 4.78 is 18.4. The number of halogens is 1. The van der Waals surface area contributed by atoms with E-state index < -0.39 is 5.60 Å². The molecule has 1 fully saturated rings. The van der Waals surface area contributed by atoms with Crippen molar-refractivity contribution in [2.45, 2.75) is 38.8 Å². The van der Waals surface area contributed by atoms with Crippen LogP contribution in [-0.4, -0.2) is 29.7 Å². The molecule has 1 saturated heterocycles. The molecule has 2 atom stereocenters. The Morgan fingerprint density at radius 3 is 2.59 bits per heavy atom. The molecular formula is C16H24FN3O2. The second-order valence-corrected chi connectivity index (χ2v) is 6.67. The lowest BCUT2D eigenvalue weighted by Crippen LogP contribution is -2.38. The predicted octanol–water partition coefficient (Wildman–Crippen LogP) is 2.59. The second kappa shape index (κ2) is 6.62. The number of benzene rings is 1. The summed E-state index contributed by atoms with van der Waals surface area (Å²) in [6.07, 6.45) is 0.524. The summed E-state index contributed by atoms with van der Waals surface area (Å²) in [5.41, 5.74) is 3.20. The largest absolute Gasteiger partial charge is 0.444 e. The minimum absolute atomic E-state index is 0.118. The summed E-state index contributed by atoms with van der Waals surface area (Å²) in [4.78, 5) is 13.8. The Labute approximate surface area is 130 Å². The Morgan fingerprint density at radius 2 is 2.05 bits per heavy atom. The molecule has 0 saturated carbocycles. The monoisotopic (exact) mass is 309 g/mol.